The zero-order valence-corrected chi connectivity index (χ0v) is 10.5. The minimum absolute atomic E-state index is 0.0767. The summed E-state index contributed by atoms with van der Waals surface area (Å²) in [5.74, 6) is -0.636. The Hall–Kier alpha value is -1.10. The zero-order chi connectivity index (χ0) is 12.9. The maximum atomic E-state index is 11.5. The molecule has 1 fully saturated rings. The summed E-state index contributed by atoms with van der Waals surface area (Å²) < 4.78 is 5.17. The van der Waals surface area contributed by atoms with E-state index in [9.17, 15) is 14.7 Å². The summed E-state index contributed by atoms with van der Waals surface area (Å²) in [7, 11) is 0. The van der Waals surface area contributed by atoms with Gasteiger partial charge in [0.05, 0.1) is 5.41 Å². The van der Waals surface area contributed by atoms with Crippen LogP contribution in [-0.2, 0) is 14.3 Å². The molecular weight excluding hydrogens is 222 g/mol. The smallest absolute Gasteiger partial charge is 0.311 e. The van der Waals surface area contributed by atoms with Crippen molar-refractivity contribution in [2.45, 2.75) is 33.1 Å². The molecule has 5 nitrogen and oxygen atoms in total. The largest absolute Gasteiger partial charge is 0.481 e. The molecule has 5 heteroatoms. The number of carboxylic acids is 1. The monoisotopic (exact) mass is 243 g/mol. The van der Waals surface area contributed by atoms with Gasteiger partial charge in [-0.2, -0.15) is 0 Å². The number of rotatable bonds is 5. The molecule has 0 saturated carbocycles. The maximum absolute atomic E-state index is 11.5. The van der Waals surface area contributed by atoms with E-state index in [0.29, 0.717) is 32.5 Å². The Morgan fingerprint density at radius 2 is 1.94 bits per heavy atom. The second-order valence-corrected chi connectivity index (χ2v) is 5.07. The van der Waals surface area contributed by atoms with E-state index in [4.69, 9.17) is 4.74 Å². The van der Waals surface area contributed by atoms with Gasteiger partial charge in [0, 0.05) is 26.2 Å². The Morgan fingerprint density at radius 3 is 2.41 bits per heavy atom. The molecule has 1 aliphatic rings. The van der Waals surface area contributed by atoms with Crippen LogP contribution in [0.3, 0.4) is 0 Å². The first-order chi connectivity index (χ1) is 7.96. The number of carboxylic acid groups (broad SMARTS) is 1. The van der Waals surface area contributed by atoms with Crippen LogP contribution in [0.4, 0.5) is 0 Å². The number of ether oxygens (including phenoxy) is 1. The number of hydrogen-bond acceptors (Lipinski definition) is 3. The van der Waals surface area contributed by atoms with Crippen molar-refractivity contribution in [2.75, 3.05) is 19.8 Å². The summed E-state index contributed by atoms with van der Waals surface area (Å²) in [6.07, 6.45) is 1.36. The number of nitrogens with one attached hydrogen (secondary N) is 1. The Morgan fingerprint density at radius 1 is 1.35 bits per heavy atom. The molecule has 0 bridgehead atoms. The Kier molecular flexibility index (Phi) is 4.93. The minimum atomic E-state index is -0.842. The molecule has 0 aliphatic carbocycles. The van der Waals surface area contributed by atoms with E-state index < -0.39 is 11.4 Å². The van der Waals surface area contributed by atoms with Crippen molar-refractivity contribution in [1.82, 2.24) is 5.32 Å². The molecule has 0 aromatic rings. The normalized spacial score (nSPS) is 19.0. The lowest BCUT2D eigenvalue weighted by Gasteiger charge is -2.33. The highest BCUT2D eigenvalue weighted by atomic mass is 16.5. The topological polar surface area (TPSA) is 75.6 Å². The lowest BCUT2D eigenvalue weighted by molar-refractivity contribution is -0.154. The van der Waals surface area contributed by atoms with Crippen molar-refractivity contribution >= 4 is 11.9 Å². The van der Waals surface area contributed by atoms with Gasteiger partial charge >= 0.3 is 5.97 Å². The van der Waals surface area contributed by atoms with Crippen molar-refractivity contribution in [3.63, 3.8) is 0 Å². The highest BCUT2D eigenvalue weighted by Gasteiger charge is 2.40. The molecule has 1 saturated heterocycles. The molecule has 0 unspecified atom stereocenters. The predicted molar refractivity (Wildman–Crippen MR) is 62.6 cm³/mol. The van der Waals surface area contributed by atoms with Crippen LogP contribution in [0.2, 0.25) is 0 Å². The van der Waals surface area contributed by atoms with Crippen molar-refractivity contribution < 1.29 is 19.4 Å². The fraction of sp³-hybridized carbons (Fsp3) is 0.833. The van der Waals surface area contributed by atoms with Crippen LogP contribution in [0.5, 0.6) is 0 Å². The summed E-state index contributed by atoms with van der Waals surface area (Å²) in [5, 5.41) is 12.0. The predicted octanol–water partition coefficient (Wildman–Crippen LogP) is 1.03. The Bertz CT molecular complexity index is 282. The van der Waals surface area contributed by atoms with Crippen molar-refractivity contribution in [3.05, 3.63) is 0 Å². The number of carbonyl (C=O) groups is 2. The number of amides is 1. The molecule has 2 N–H and O–H groups in total. The van der Waals surface area contributed by atoms with Crippen LogP contribution in [0, 0.1) is 11.3 Å². The van der Waals surface area contributed by atoms with Gasteiger partial charge in [-0.05, 0) is 18.8 Å². The van der Waals surface area contributed by atoms with Crippen LogP contribution in [-0.4, -0.2) is 36.7 Å². The second-order valence-electron chi connectivity index (χ2n) is 5.07. The lowest BCUT2D eigenvalue weighted by Crippen LogP contribution is -2.46. The molecule has 1 amide bonds. The summed E-state index contributed by atoms with van der Waals surface area (Å²) >= 11 is 0. The van der Waals surface area contributed by atoms with E-state index in [2.05, 4.69) is 5.32 Å². The third kappa shape index (κ3) is 4.00. The first kappa shape index (κ1) is 14.0. The van der Waals surface area contributed by atoms with Gasteiger partial charge in [-0.1, -0.05) is 13.8 Å². The average molecular weight is 243 g/mol. The van der Waals surface area contributed by atoms with E-state index >= 15 is 0 Å². The summed E-state index contributed by atoms with van der Waals surface area (Å²) in [5.41, 5.74) is -0.842. The van der Waals surface area contributed by atoms with Crippen molar-refractivity contribution in [3.8, 4) is 0 Å². The highest BCUT2D eigenvalue weighted by Crippen LogP contribution is 2.30. The van der Waals surface area contributed by atoms with E-state index in [0.717, 1.165) is 0 Å². The van der Waals surface area contributed by atoms with Crippen LogP contribution in [0.15, 0.2) is 0 Å². The molecule has 0 spiro atoms. The minimum Gasteiger partial charge on any atom is -0.481 e. The molecule has 0 radical (unpaired) electrons. The summed E-state index contributed by atoms with van der Waals surface area (Å²) in [6.45, 7) is 5.03. The molecule has 1 rings (SSSR count). The maximum Gasteiger partial charge on any atom is 0.311 e. The van der Waals surface area contributed by atoms with E-state index in [1.54, 1.807) is 0 Å². The van der Waals surface area contributed by atoms with Crippen molar-refractivity contribution in [1.29, 1.82) is 0 Å². The lowest BCUT2D eigenvalue weighted by atomic mass is 9.80. The molecule has 17 heavy (non-hydrogen) atoms. The molecule has 0 aromatic carbocycles. The van der Waals surface area contributed by atoms with Gasteiger partial charge in [0.25, 0.3) is 0 Å². The molecule has 1 aliphatic heterocycles. The van der Waals surface area contributed by atoms with Crippen molar-refractivity contribution in [2.24, 2.45) is 11.3 Å². The van der Waals surface area contributed by atoms with Crippen LogP contribution >= 0.6 is 0 Å². The fourth-order valence-corrected chi connectivity index (χ4v) is 1.94. The van der Waals surface area contributed by atoms with E-state index in [1.165, 1.54) is 0 Å². The Labute approximate surface area is 102 Å². The standard InChI is InChI=1S/C12H21NO4/c1-9(2)7-10(14)13-8-12(11(15)16)3-5-17-6-4-12/h9H,3-8H2,1-2H3,(H,13,14)(H,15,16). The van der Waals surface area contributed by atoms with Gasteiger partial charge in [-0.15, -0.1) is 0 Å². The second kappa shape index (κ2) is 6.00. The first-order valence-corrected chi connectivity index (χ1v) is 6.04. The summed E-state index contributed by atoms with van der Waals surface area (Å²) in [6, 6.07) is 0. The van der Waals surface area contributed by atoms with Crippen LogP contribution < -0.4 is 5.32 Å². The van der Waals surface area contributed by atoms with Gasteiger partial charge < -0.3 is 15.2 Å². The van der Waals surface area contributed by atoms with E-state index in [-0.39, 0.29) is 18.4 Å². The molecule has 98 valence electrons. The van der Waals surface area contributed by atoms with Gasteiger partial charge in [0.2, 0.25) is 5.91 Å². The molecule has 0 aromatic heterocycles. The average Bonchev–Trinajstić information content (AvgIpc) is 2.26. The molecule has 1 heterocycles. The first-order valence-electron chi connectivity index (χ1n) is 6.04. The van der Waals surface area contributed by atoms with Gasteiger partial charge in [-0.3, -0.25) is 9.59 Å². The molecular formula is C12H21NO4. The SMILES string of the molecule is CC(C)CC(=O)NCC1(C(=O)O)CCOCC1. The Balaban J connectivity index is 2.50. The number of hydrogen-bond donors (Lipinski definition) is 2. The van der Waals surface area contributed by atoms with Gasteiger partial charge in [0.15, 0.2) is 0 Å². The molecule has 0 atom stereocenters. The third-order valence-electron chi connectivity index (χ3n) is 3.12. The van der Waals surface area contributed by atoms with E-state index in [1.807, 2.05) is 13.8 Å². The zero-order valence-electron chi connectivity index (χ0n) is 10.5. The van der Waals surface area contributed by atoms with Crippen LogP contribution in [0.1, 0.15) is 33.1 Å². The third-order valence-corrected chi connectivity index (χ3v) is 3.12. The van der Waals surface area contributed by atoms with Gasteiger partial charge in [0.1, 0.15) is 0 Å². The number of carbonyl (C=O) groups excluding carboxylic acids is 1. The summed E-state index contributed by atoms with van der Waals surface area (Å²) in [4.78, 5) is 22.8. The fourth-order valence-electron chi connectivity index (χ4n) is 1.94. The highest BCUT2D eigenvalue weighted by molar-refractivity contribution is 5.79. The number of aliphatic carboxylic acids is 1. The quantitative estimate of drug-likeness (QED) is 0.756. The van der Waals surface area contributed by atoms with Gasteiger partial charge in [-0.25, -0.2) is 0 Å². The van der Waals surface area contributed by atoms with Crippen LogP contribution in [0.25, 0.3) is 0 Å².